The number of rotatable bonds is 13. The predicted molar refractivity (Wildman–Crippen MR) is 143 cm³/mol. The first-order valence-corrected chi connectivity index (χ1v) is 13.1. The van der Waals surface area contributed by atoms with Crippen LogP contribution in [0.2, 0.25) is 0 Å². The van der Waals surface area contributed by atoms with Crippen molar-refractivity contribution in [2.75, 3.05) is 64.3 Å². The van der Waals surface area contributed by atoms with E-state index in [0.717, 1.165) is 5.56 Å². The average molecular weight is 719 g/mol. The van der Waals surface area contributed by atoms with Crippen LogP contribution in [0.5, 0.6) is 5.75 Å². The van der Waals surface area contributed by atoms with Crippen molar-refractivity contribution in [2.24, 2.45) is 0 Å². The van der Waals surface area contributed by atoms with Crippen molar-refractivity contribution in [2.45, 2.75) is 32.9 Å². The number of nitrogens with one attached hydrogen (secondary N) is 1. The van der Waals surface area contributed by atoms with Crippen LogP contribution in [0, 0.1) is 39.9 Å². The first-order valence-electron chi connectivity index (χ1n) is 13.1. The molecule has 0 fully saturated rings. The molecule has 0 unspecified atom stereocenters. The Kier molecular flexibility index (Phi) is 14.2. The topological polar surface area (TPSA) is 190 Å². The van der Waals surface area contributed by atoms with Gasteiger partial charge in [-0.2, -0.15) is 0 Å². The van der Waals surface area contributed by atoms with Crippen molar-refractivity contribution >= 4 is 23.6 Å². The van der Waals surface area contributed by atoms with Gasteiger partial charge in [-0.1, -0.05) is 0 Å². The molecule has 1 aliphatic rings. The summed E-state index contributed by atoms with van der Waals surface area (Å²) < 4.78 is 5.22. The van der Waals surface area contributed by atoms with Gasteiger partial charge < -0.3 is 25.4 Å². The van der Waals surface area contributed by atoms with Crippen LogP contribution in [0.15, 0.2) is 21.7 Å². The van der Waals surface area contributed by atoms with Gasteiger partial charge in [0.2, 0.25) is 0 Å². The van der Waals surface area contributed by atoms with E-state index in [1.807, 2.05) is 12.1 Å². The minimum absolute atomic E-state index is 0. The number of aryl methyl sites for hydroxylation is 1. The molecule has 41 heavy (non-hydrogen) atoms. The summed E-state index contributed by atoms with van der Waals surface area (Å²) in [6.07, 6.45) is 1.19. The number of fused-ring (bicyclic) bond motifs is 2. The number of anilines is 1. The number of carboxylic acids is 3. The second-order valence-corrected chi connectivity index (χ2v) is 9.66. The minimum atomic E-state index is -1.02. The number of aromatic nitrogens is 1. The van der Waals surface area contributed by atoms with E-state index in [9.17, 15) is 39.3 Å². The fourth-order valence-corrected chi connectivity index (χ4v) is 4.64. The summed E-state index contributed by atoms with van der Waals surface area (Å²) >= 11 is 0. The molecule has 226 valence electrons. The molecule has 0 aliphatic carbocycles. The molecule has 0 saturated heterocycles. The van der Waals surface area contributed by atoms with Gasteiger partial charge in [0, 0.05) is 85.8 Å². The molecule has 0 radical (unpaired) electrons. The van der Waals surface area contributed by atoms with Crippen LogP contribution < -0.4 is 20.9 Å². The molecule has 4 N–H and O–H groups in total. The normalized spacial score (nSPS) is 15.3. The molecule has 3 rings (SSSR count). The van der Waals surface area contributed by atoms with E-state index < -0.39 is 28.8 Å². The van der Waals surface area contributed by atoms with Crippen molar-refractivity contribution in [3.63, 3.8) is 0 Å². The van der Waals surface area contributed by atoms with Crippen molar-refractivity contribution in [3.05, 3.63) is 49.5 Å². The van der Waals surface area contributed by atoms with Crippen molar-refractivity contribution in [1.29, 1.82) is 0 Å². The molecule has 15 heteroatoms. The number of hydrogen-bond acceptors (Lipinski definition) is 11. The molecule has 1 aromatic carbocycles. The standard InChI is InChI=1S/C26H35N5O9.Gd/c1-2-40-26-23(24(38)25(26)39)27-5-3-4-17-10-18-12-30(15-21(34)35)8-6-29(14-20(32)33)7-9-31(16-22(36)37)13-19(11-17)28-18;/h10-11,27H,2-9,12-16H2,1H3,(H,32,33)(H,34,35)(H,36,37);. The number of pyridine rings is 1. The van der Waals surface area contributed by atoms with Gasteiger partial charge in [-0.15, -0.1) is 0 Å². The molecule has 0 saturated carbocycles. The van der Waals surface area contributed by atoms with Crippen molar-refractivity contribution in [3.8, 4) is 5.75 Å². The van der Waals surface area contributed by atoms with Crippen LogP contribution in [0.1, 0.15) is 30.3 Å². The molecule has 1 aromatic heterocycles. The zero-order valence-corrected chi connectivity index (χ0v) is 25.0. The molecule has 0 amide bonds. The zero-order valence-electron chi connectivity index (χ0n) is 22.8. The number of carboxylic acid groups (broad SMARTS) is 3. The SMILES string of the molecule is CCOc1c(NCCCc2cc3nc(c2)CN(CC(=O)O)CCN(CC(=O)O)CCN(CC(=O)O)C3)c(=O)c1=O.[Gd]. The predicted octanol–water partition coefficient (Wildman–Crippen LogP) is -0.706. The summed E-state index contributed by atoms with van der Waals surface area (Å²) in [7, 11) is 0. The van der Waals surface area contributed by atoms with Crippen LogP contribution in [0.3, 0.4) is 0 Å². The Hall–Kier alpha value is -2.56. The Balaban J connectivity index is 0.00000588. The van der Waals surface area contributed by atoms with Crippen molar-refractivity contribution < 1.29 is 74.4 Å². The van der Waals surface area contributed by atoms with Gasteiger partial charge >= 0.3 is 17.9 Å². The smallest absolute Gasteiger partial charge is 0.317 e. The Labute approximate surface area is 268 Å². The number of nitrogens with zero attached hydrogens (tertiary/aromatic N) is 4. The first-order chi connectivity index (χ1) is 19.0. The van der Waals surface area contributed by atoms with Gasteiger partial charge in [0.05, 0.1) is 37.6 Å². The summed E-state index contributed by atoms with van der Waals surface area (Å²) in [6.45, 7) is 3.25. The third-order valence-corrected chi connectivity index (χ3v) is 6.40. The van der Waals surface area contributed by atoms with Crippen molar-refractivity contribution in [1.82, 2.24) is 19.7 Å². The summed E-state index contributed by atoms with van der Waals surface area (Å²) in [5.41, 5.74) is 1.09. The molecule has 0 atom stereocenters. The molecular formula is C26H35GdN5O9. The van der Waals surface area contributed by atoms with Gasteiger partial charge in [-0.3, -0.25) is 43.7 Å². The molecule has 2 heterocycles. The van der Waals surface area contributed by atoms with E-state index >= 15 is 0 Å². The van der Waals surface area contributed by atoms with Crippen LogP contribution in [-0.2, 0) is 33.9 Å². The van der Waals surface area contributed by atoms with E-state index in [4.69, 9.17) is 4.74 Å². The van der Waals surface area contributed by atoms with E-state index in [1.54, 1.807) is 21.6 Å². The largest absolute Gasteiger partial charge is 0.488 e. The number of hydrogen-bond donors (Lipinski definition) is 4. The molecule has 0 spiro atoms. The third kappa shape index (κ3) is 11.0. The molecule has 1 aliphatic heterocycles. The number of ether oxygens (including phenoxy) is 1. The van der Waals surface area contributed by atoms with Crippen LogP contribution in [-0.4, -0.2) is 112 Å². The van der Waals surface area contributed by atoms with E-state index in [-0.39, 0.29) is 104 Å². The number of aliphatic carboxylic acids is 3. The summed E-state index contributed by atoms with van der Waals surface area (Å²) in [5, 5.41) is 31.1. The minimum Gasteiger partial charge on any atom is -0.488 e. The second-order valence-electron chi connectivity index (χ2n) is 9.66. The maximum absolute atomic E-state index is 11.8. The van der Waals surface area contributed by atoms with Crippen LogP contribution in [0.4, 0.5) is 5.69 Å². The Morgan fingerprint density at radius 1 is 0.854 bits per heavy atom. The Bertz CT molecular complexity index is 1230. The zero-order chi connectivity index (χ0) is 29.2. The van der Waals surface area contributed by atoms with E-state index in [2.05, 4.69) is 10.3 Å². The van der Waals surface area contributed by atoms with E-state index in [0.29, 0.717) is 43.9 Å². The first kappa shape index (κ1) is 34.6. The molecule has 2 bridgehead atoms. The monoisotopic (exact) mass is 719 g/mol. The summed E-state index contributed by atoms with van der Waals surface area (Å²) in [4.78, 5) is 67.6. The average Bonchev–Trinajstić information content (AvgIpc) is 2.87. The summed E-state index contributed by atoms with van der Waals surface area (Å²) in [6, 6.07) is 3.73. The molecular weight excluding hydrogens is 684 g/mol. The fourth-order valence-electron chi connectivity index (χ4n) is 4.64. The molecule has 2 aromatic rings. The maximum atomic E-state index is 11.8. The van der Waals surface area contributed by atoms with Gasteiger partial charge in [-0.25, -0.2) is 0 Å². The van der Waals surface area contributed by atoms with Gasteiger partial charge in [-0.05, 0) is 37.5 Å². The van der Waals surface area contributed by atoms with Gasteiger partial charge in [0.25, 0.3) is 10.9 Å². The third-order valence-electron chi connectivity index (χ3n) is 6.40. The van der Waals surface area contributed by atoms with Crippen LogP contribution in [0.25, 0.3) is 0 Å². The van der Waals surface area contributed by atoms with Gasteiger partial charge in [0.1, 0.15) is 5.69 Å². The maximum Gasteiger partial charge on any atom is 0.317 e. The Morgan fingerprint density at radius 2 is 1.34 bits per heavy atom. The van der Waals surface area contributed by atoms with E-state index in [1.165, 1.54) is 0 Å². The quantitative estimate of drug-likeness (QED) is 0.150. The fraction of sp³-hybridized carbons (Fsp3) is 0.538. The molecule has 14 nitrogen and oxygen atoms in total. The number of carbonyl (C=O) groups is 3. The summed E-state index contributed by atoms with van der Waals surface area (Å²) in [5.74, 6) is -3.00. The van der Waals surface area contributed by atoms with Gasteiger partial charge in [0.15, 0.2) is 5.75 Å². The second kappa shape index (κ2) is 16.8. The van der Waals surface area contributed by atoms with Crippen LogP contribution >= 0.6 is 0 Å². The Morgan fingerprint density at radius 3 is 1.83 bits per heavy atom.